The van der Waals surface area contributed by atoms with E-state index in [0.29, 0.717) is 54.9 Å². The van der Waals surface area contributed by atoms with Gasteiger partial charge in [0.1, 0.15) is 11.7 Å². The van der Waals surface area contributed by atoms with Gasteiger partial charge in [0.05, 0.1) is 23.8 Å². The van der Waals surface area contributed by atoms with Gasteiger partial charge < -0.3 is 30.9 Å². The number of carbonyl (C=O) groups excluding carboxylic acids is 4. The molecule has 3 aromatic heterocycles. The third-order valence-electron chi connectivity index (χ3n) is 11.7. The second-order valence-corrected chi connectivity index (χ2v) is 17.1. The molecule has 2 saturated carbocycles. The number of piperidine rings is 1. The quantitative estimate of drug-likeness (QED) is 0.0824. The molecular weight excluding hydrogens is 768 g/mol. The number of urea groups is 1. The number of nitrogens with one attached hydrogen (secondary N) is 4. The number of aryl methyl sites for hydroxylation is 1. The Morgan fingerprint density at radius 2 is 1.76 bits per heavy atom. The van der Waals surface area contributed by atoms with E-state index >= 15 is 0 Å². The fourth-order valence-electron chi connectivity index (χ4n) is 8.31. The first-order valence-electron chi connectivity index (χ1n) is 20.6. The highest BCUT2D eigenvalue weighted by Crippen LogP contribution is 2.36. The second kappa shape index (κ2) is 18.6. The molecule has 58 heavy (non-hydrogen) atoms. The first-order chi connectivity index (χ1) is 28.0. The van der Waals surface area contributed by atoms with E-state index in [1.54, 1.807) is 15.8 Å². The van der Waals surface area contributed by atoms with Crippen molar-refractivity contribution >= 4 is 47.1 Å². The number of fused-ring (bicyclic) bond motifs is 1. The van der Waals surface area contributed by atoms with Gasteiger partial charge in [-0.3, -0.25) is 24.4 Å². The van der Waals surface area contributed by atoms with Crippen molar-refractivity contribution < 1.29 is 33.5 Å². The maximum Gasteiger partial charge on any atom is 0.407 e. The van der Waals surface area contributed by atoms with Gasteiger partial charge in [-0.1, -0.05) is 25.7 Å². The lowest BCUT2D eigenvalue weighted by Crippen LogP contribution is -2.52. The summed E-state index contributed by atoms with van der Waals surface area (Å²) in [7, 11) is 1.88. The molecule has 1 saturated heterocycles. The van der Waals surface area contributed by atoms with Crippen LogP contribution in [0, 0.1) is 11.7 Å². The van der Waals surface area contributed by atoms with Crippen LogP contribution >= 0.6 is 11.3 Å². The van der Waals surface area contributed by atoms with Crippen LogP contribution in [0.15, 0.2) is 18.5 Å². The Morgan fingerprint density at radius 3 is 2.48 bits per heavy atom. The Morgan fingerprint density at radius 1 is 1.00 bits per heavy atom. The van der Waals surface area contributed by atoms with Gasteiger partial charge in [-0.15, -0.1) is 11.3 Å². The fraction of sp³-hybridized carbons (Fsp3) is 0.600. The Hall–Kier alpha value is -5.13. The number of hydrogen-bond donors (Lipinski definition) is 5. The normalized spacial score (nSPS) is 20.5. The number of imide groups is 1. The molecule has 0 radical (unpaired) electrons. The Labute approximate surface area is 340 Å². The first kappa shape index (κ1) is 41.0. The molecule has 16 nitrogen and oxygen atoms in total. The van der Waals surface area contributed by atoms with Crippen LogP contribution in [-0.2, 0) is 36.1 Å². The molecule has 5 heterocycles. The largest absolute Gasteiger partial charge is 0.465 e. The standard InChI is InChI=1S/C40H53FN10O6S/c1-49-32(18-24-8-9-24)29(21-45-49)34-30(41)22-43-38(48-34)46-26-10-12-27(13-11-26)50(40(56)57)17-7-5-3-2-4-6-16-42-39(55)44-20-28-19-25-23-51(37(54)35(25)58-28)31-14-15-33(52)47-36(31)53/h19,21-22,24,26-27,31H,2-18,20,23H2,1H3,(H,56,57)(H2,42,44,55)(H,43,46,48)(H,47,52,53)/t26-,27-,31?. The first-order valence-corrected chi connectivity index (χ1v) is 21.4. The van der Waals surface area contributed by atoms with Gasteiger partial charge in [-0.2, -0.15) is 5.10 Å². The van der Waals surface area contributed by atoms with Gasteiger partial charge in [0.25, 0.3) is 5.91 Å². The molecule has 4 aliphatic rings. The molecule has 5 N–H and O–H groups in total. The smallest absolute Gasteiger partial charge is 0.407 e. The third kappa shape index (κ3) is 10.1. The van der Waals surface area contributed by atoms with Crippen molar-refractivity contribution in [2.75, 3.05) is 18.4 Å². The molecule has 3 fully saturated rings. The van der Waals surface area contributed by atoms with Gasteiger partial charge in [0, 0.05) is 61.3 Å². The lowest BCUT2D eigenvalue weighted by atomic mass is 9.90. The summed E-state index contributed by atoms with van der Waals surface area (Å²) in [5, 5.41) is 25.8. The number of carboxylic acid groups (broad SMARTS) is 1. The lowest BCUT2D eigenvalue weighted by molar-refractivity contribution is -0.136. The van der Waals surface area contributed by atoms with Gasteiger partial charge in [0.2, 0.25) is 17.8 Å². The molecule has 1 unspecified atom stereocenters. The van der Waals surface area contributed by atoms with Crippen molar-refractivity contribution in [3.05, 3.63) is 45.3 Å². The summed E-state index contributed by atoms with van der Waals surface area (Å²) in [5.74, 6) is -0.457. The zero-order chi connectivity index (χ0) is 40.8. The molecule has 6 amide bonds. The van der Waals surface area contributed by atoms with Crippen LogP contribution in [0.2, 0.25) is 0 Å². The van der Waals surface area contributed by atoms with E-state index in [1.165, 1.54) is 35.3 Å². The fourth-order valence-corrected chi connectivity index (χ4v) is 9.37. The monoisotopic (exact) mass is 820 g/mol. The molecule has 0 spiro atoms. The van der Waals surface area contributed by atoms with Gasteiger partial charge in [-0.25, -0.2) is 23.9 Å². The summed E-state index contributed by atoms with van der Waals surface area (Å²) in [6, 6.07) is 0.993. The van der Waals surface area contributed by atoms with Crippen LogP contribution in [0.25, 0.3) is 11.3 Å². The Balaban J connectivity index is 0.740. The number of rotatable bonds is 18. The molecule has 312 valence electrons. The highest BCUT2D eigenvalue weighted by molar-refractivity contribution is 7.14. The number of halogens is 1. The van der Waals surface area contributed by atoms with E-state index in [2.05, 4.69) is 36.3 Å². The van der Waals surface area contributed by atoms with Crippen LogP contribution in [0.5, 0.6) is 0 Å². The highest BCUT2D eigenvalue weighted by Gasteiger charge is 2.40. The van der Waals surface area contributed by atoms with Crippen LogP contribution in [0.4, 0.5) is 19.9 Å². The van der Waals surface area contributed by atoms with Gasteiger partial charge >= 0.3 is 12.1 Å². The van der Waals surface area contributed by atoms with Crippen LogP contribution in [0.3, 0.4) is 0 Å². The molecule has 0 aromatic carbocycles. The Bertz CT molecular complexity index is 1990. The highest BCUT2D eigenvalue weighted by atomic mass is 32.1. The topological polar surface area (TPSA) is 204 Å². The lowest BCUT2D eigenvalue weighted by Gasteiger charge is -2.35. The minimum absolute atomic E-state index is 0.0450. The number of unbranched alkanes of at least 4 members (excludes halogenated alkanes) is 5. The van der Waals surface area contributed by atoms with Crippen molar-refractivity contribution in [2.45, 2.75) is 128 Å². The number of carbonyl (C=O) groups is 5. The average Bonchev–Trinajstić information content (AvgIpc) is 3.71. The molecule has 2 aliphatic heterocycles. The van der Waals surface area contributed by atoms with E-state index in [4.69, 9.17) is 0 Å². The summed E-state index contributed by atoms with van der Waals surface area (Å²) < 4.78 is 16.7. The number of aromatic nitrogens is 4. The van der Waals surface area contributed by atoms with Crippen molar-refractivity contribution in [1.29, 1.82) is 0 Å². The van der Waals surface area contributed by atoms with Crippen LogP contribution in [-0.4, -0.2) is 95.7 Å². The van der Waals surface area contributed by atoms with E-state index in [9.17, 15) is 33.5 Å². The van der Waals surface area contributed by atoms with Crippen molar-refractivity contribution in [1.82, 2.24) is 45.5 Å². The van der Waals surface area contributed by atoms with Gasteiger partial charge in [0.15, 0.2) is 5.82 Å². The predicted molar refractivity (Wildman–Crippen MR) is 213 cm³/mol. The average molecular weight is 821 g/mol. The number of anilines is 1. The molecular formula is C40H53FN10O6S. The minimum Gasteiger partial charge on any atom is -0.465 e. The molecule has 0 bridgehead atoms. The summed E-state index contributed by atoms with van der Waals surface area (Å²) in [6.45, 7) is 1.64. The van der Waals surface area contributed by atoms with Crippen LogP contribution in [0.1, 0.15) is 116 Å². The number of hydrogen-bond acceptors (Lipinski definition) is 10. The summed E-state index contributed by atoms with van der Waals surface area (Å²) in [6.07, 6.45) is 14.2. The van der Waals surface area contributed by atoms with E-state index in [-0.39, 0.29) is 42.0 Å². The maximum absolute atomic E-state index is 14.9. The number of thiophene rings is 1. The number of nitrogens with zero attached hydrogens (tertiary/aromatic N) is 6. The zero-order valence-electron chi connectivity index (χ0n) is 32.9. The van der Waals surface area contributed by atoms with E-state index in [1.807, 2.05) is 13.1 Å². The van der Waals surface area contributed by atoms with Crippen molar-refractivity contribution in [3.63, 3.8) is 0 Å². The Kier molecular flexibility index (Phi) is 13.2. The predicted octanol–water partition coefficient (Wildman–Crippen LogP) is 5.33. The summed E-state index contributed by atoms with van der Waals surface area (Å²) >= 11 is 1.31. The van der Waals surface area contributed by atoms with Crippen LogP contribution < -0.4 is 21.3 Å². The summed E-state index contributed by atoms with van der Waals surface area (Å²) in [5.41, 5.74) is 2.77. The molecule has 7 rings (SSSR count). The van der Waals surface area contributed by atoms with Gasteiger partial charge in [-0.05, 0) is 81.8 Å². The molecule has 18 heteroatoms. The molecule has 1 atom stereocenters. The zero-order valence-corrected chi connectivity index (χ0v) is 33.8. The number of amides is 6. The maximum atomic E-state index is 14.9. The van der Waals surface area contributed by atoms with Crippen molar-refractivity contribution in [2.24, 2.45) is 13.0 Å². The third-order valence-corrected chi connectivity index (χ3v) is 12.9. The summed E-state index contributed by atoms with van der Waals surface area (Å²) in [4.78, 5) is 74.5. The molecule has 3 aromatic rings. The molecule has 2 aliphatic carbocycles. The van der Waals surface area contributed by atoms with Crippen molar-refractivity contribution in [3.8, 4) is 11.3 Å². The minimum atomic E-state index is -0.890. The SMILES string of the molecule is Cn1ncc(-c2nc(N[C@H]3CC[C@H](N(CCCCCCCCNC(=O)NCc4cc5c(s4)C(=O)N(C4CCC(=O)NC4=O)C5)C(=O)O)CC3)ncc2F)c1CC1CC1. The second-order valence-electron chi connectivity index (χ2n) is 16.0. The van der Waals surface area contributed by atoms with E-state index in [0.717, 1.165) is 86.8 Å². The van der Waals surface area contributed by atoms with E-state index < -0.39 is 23.9 Å².